The molecular formula is C17H22N2O2S. The lowest BCUT2D eigenvalue weighted by molar-refractivity contribution is 0.0743. The van der Waals surface area contributed by atoms with Gasteiger partial charge in [0.2, 0.25) is 0 Å². The number of thioether (sulfide) groups is 1. The Morgan fingerprint density at radius 1 is 1.41 bits per heavy atom. The van der Waals surface area contributed by atoms with Crippen molar-refractivity contribution in [2.45, 2.75) is 38.1 Å². The molecule has 0 atom stereocenters. The molecule has 0 aliphatic heterocycles. The van der Waals surface area contributed by atoms with Gasteiger partial charge >= 0.3 is 0 Å². The smallest absolute Gasteiger partial charge is 0.262 e. The molecule has 22 heavy (non-hydrogen) atoms. The summed E-state index contributed by atoms with van der Waals surface area (Å²) < 4.78 is 7.30. The summed E-state index contributed by atoms with van der Waals surface area (Å²) in [7, 11) is 0. The van der Waals surface area contributed by atoms with Crippen LogP contribution < -0.4 is 5.56 Å². The predicted molar refractivity (Wildman–Crippen MR) is 92.6 cm³/mol. The third kappa shape index (κ3) is 4.21. The second-order valence-corrected chi connectivity index (χ2v) is 6.23. The van der Waals surface area contributed by atoms with Gasteiger partial charge in [-0.1, -0.05) is 30.0 Å². The Morgan fingerprint density at radius 2 is 2.18 bits per heavy atom. The van der Waals surface area contributed by atoms with E-state index in [0.29, 0.717) is 18.5 Å². The number of hydrogen-bond donors (Lipinski definition) is 0. The molecule has 5 heteroatoms. The molecule has 1 aromatic carbocycles. The van der Waals surface area contributed by atoms with Gasteiger partial charge in [0, 0.05) is 18.9 Å². The van der Waals surface area contributed by atoms with Crippen molar-refractivity contribution in [2.75, 3.05) is 12.4 Å². The van der Waals surface area contributed by atoms with Gasteiger partial charge in [-0.05, 0) is 32.4 Å². The number of aromatic nitrogens is 2. The summed E-state index contributed by atoms with van der Waals surface area (Å²) in [6, 6.07) is 7.47. The number of hydrogen-bond acceptors (Lipinski definition) is 4. The summed E-state index contributed by atoms with van der Waals surface area (Å²) in [5.41, 5.74) is 0.760. The van der Waals surface area contributed by atoms with Crippen molar-refractivity contribution in [3.63, 3.8) is 0 Å². The Labute approximate surface area is 135 Å². The highest BCUT2D eigenvalue weighted by atomic mass is 32.2. The maximum Gasteiger partial charge on any atom is 0.262 e. The zero-order valence-corrected chi connectivity index (χ0v) is 13.9. The average Bonchev–Trinajstić information content (AvgIpc) is 2.51. The molecule has 0 bridgehead atoms. The molecule has 0 radical (unpaired) electrons. The van der Waals surface area contributed by atoms with Crippen LogP contribution in [-0.4, -0.2) is 28.0 Å². The lowest BCUT2D eigenvalue weighted by atomic mass is 10.2. The molecule has 2 rings (SSSR count). The van der Waals surface area contributed by atoms with Crippen molar-refractivity contribution in [3.8, 4) is 0 Å². The van der Waals surface area contributed by atoms with Gasteiger partial charge in [0.15, 0.2) is 5.16 Å². The van der Waals surface area contributed by atoms with Crippen LogP contribution in [0.3, 0.4) is 0 Å². The fraction of sp³-hybridized carbons (Fsp3) is 0.412. The first-order chi connectivity index (χ1) is 10.6. The lowest BCUT2D eigenvalue weighted by Gasteiger charge is -2.13. The summed E-state index contributed by atoms with van der Waals surface area (Å²) in [6.07, 6.45) is 2.82. The van der Waals surface area contributed by atoms with Crippen molar-refractivity contribution in [3.05, 3.63) is 47.3 Å². The SMILES string of the molecule is C=CCSc1nc2ccccc2c(=O)n1CCCOC(C)C. The molecule has 0 saturated heterocycles. The van der Waals surface area contributed by atoms with Crippen molar-refractivity contribution < 1.29 is 4.74 Å². The molecule has 2 aromatic rings. The molecule has 0 N–H and O–H groups in total. The molecule has 0 saturated carbocycles. The monoisotopic (exact) mass is 318 g/mol. The average molecular weight is 318 g/mol. The first-order valence-electron chi connectivity index (χ1n) is 7.48. The Balaban J connectivity index is 2.29. The number of nitrogens with zero attached hydrogens (tertiary/aromatic N) is 2. The van der Waals surface area contributed by atoms with Gasteiger partial charge in [-0.3, -0.25) is 9.36 Å². The first kappa shape index (κ1) is 16.8. The lowest BCUT2D eigenvalue weighted by Crippen LogP contribution is -2.24. The minimum Gasteiger partial charge on any atom is -0.379 e. The van der Waals surface area contributed by atoms with Crippen LogP contribution in [0.25, 0.3) is 10.9 Å². The van der Waals surface area contributed by atoms with Gasteiger partial charge in [0.25, 0.3) is 5.56 Å². The largest absolute Gasteiger partial charge is 0.379 e. The number of fused-ring (bicyclic) bond motifs is 1. The van der Waals surface area contributed by atoms with Crippen LogP contribution in [0.4, 0.5) is 0 Å². The van der Waals surface area contributed by atoms with Crippen molar-refractivity contribution in [2.24, 2.45) is 0 Å². The highest BCUT2D eigenvalue weighted by molar-refractivity contribution is 7.99. The van der Waals surface area contributed by atoms with Gasteiger partial charge in [0.1, 0.15) is 0 Å². The minimum atomic E-state index is 0.0155. The second-order valence-electron chi connectivity index (χ2n) is 5.24. The summed E-state index contributed by atoms with van der Waals surface area (Å²) in [4.78, 5) is 17.3. The summed E-state index contributed by atoms with van der Waals surface area (Å²) >= 11 is 1.53. The summed E-state index contributed by atoms with van der Waals surface area (Å²) in [5.74, 6) is 0.729. The van der Waals surface area contributed by atoms with Crippen LogP contribution in [0.2, 0.25) is 0 Å². The van der Waals surface area contributed by atoms with Crippen LogP contribution in [0.1, 0.15) is 20.3 Å². The molecular weight excluding hydrogens is 296 g/mol. The van der Waals surface area contributed by atoms with Gasteiger partial charge in [-0.15, -0.1) is 6.58 Å². The molecule has 0 amide bonds. The van der Waals surface area contributed by atoms with Crippen LogP contribution >= 0.6 is 11.8 Å². The fourth-order valence-electron chi connectivity index (χ4n) is 2.13. The highest BCUT2D eigenvalue weighted by Crippen LogP contribution is 2.18. The first-order valence-corrected chi connectivity index (χ1v) is 8.47. The predicted octanol–water partition coefficient (Wildman–Crippen LogP) is 3.49. The van der Waals surface area contributed by atoms with E-state index in [0.717, 1.165) is 22.8 Å². The molecule has 0 unspecified atom stereocenters. The summed E-state index contributed by atoms with van der Waals surface area (Å²) in [6.45, 7) is 9.00. The van der Waals surface area contributed by atoms with E-state index >= 15 is 0 Å². The van der Waals surface area contributed by atoms with Crippen LogP contribution in [0.15, 0.2) is 46.9 Å². The third-order valence-corrected chi connectivity index (χ3v) is 4.11. The van der Waals surface area contributed by atoms with E-state index in [-0.39, 0.29) is 11.7 Å². The normalized spacial score (nSPS) is 11.2. The Morgan fingerprint density at radius 3 is 2.91 bits per heavy atom. The van der Waals surface area contributed by atoms with E-state index in [2.05, 4.69) is 11.6 Å². The van der Waals surface area contributed by atoms with Gasteiger partial charge in [0.05, 0.1) is 17.0 Å². The van der Waals surface area contributed by atoms with E-state index in [4.69, 9.17) is 4.74 Å². The molecule has 4 nitrogen and oxygen atoms in total. The number of rotatable bonds is 8. The van der Waals surface area contributed by atoms with Crippen molar-refractivity contribution in [1.82, 2.24) is 9.55 Å². The van der Waals surface area contributed by atoms with Crippen molar-refractivity contribution >= 4 is 22.7 Å². The van der Waals surface area contributed by atoms with Gasteiger partial charge in [-0.25, -0.2) is 4.98 Å². The van der Waals surface area contributed by atoms with Crippen LogP contribution in [0, 0.1) is 0 Å². The van der Waals surface area contributed by atoms with E-state index in [1.807, 2.05) is 44.2 Å². The van der Waals surface area contributed by atoms with E-state index in [9.17, 15) is 4.79 Å². The Hall–Kier alpha value is -1.59. The number of benzene rings is 1. The van der Waals surface area contributed by atoms with E-state index in [1.165, 1.54) is 11.8 Å². The third-order valence-electron chi connectivity index (χ3n) is 3.13. The van der Waals surface area contributed by atoms with Crippen LogP contribution in [0.5, 0.6) is 0 Å². The molecule has 1 aromatic heterocycles. The fourth-order valence-corrected chi connectivity index (χ4v) is 2.89. The van der Waals surface area contributed by atoms with E-state index < -0.39 is 0 Å². The molecule has 1 heterocycles. The molecule has 0 fully saturated rings. The topological polar surface area (TPSA) is 44.1 Å². The molecule has 118 valence electrons. The van der Waals surface area contributed by atoms with Gasteiger partial charge in [-0.2, -0.15) is 0 Å². The second kappa shape index (κ2) is 8.15. The highest BCUT2D eigenvalue weighted by Gasteiger charge is 2.10. The number of ether oxygens (including phenoxy) is 1. The minimum absolute atomic E-state index is 0.0155. The number of para-hydroxylation sites is 1. The Bertz CT molecular complexity index is 695. The van der Waals surface area contributed by atoms with E-state index in [1.54, 1.807) is 4.57 Å². The van der Waals surface area contributed by atoms with Crippen molar-refractivity contribution in [1.29, 1.82) is 0 Å². The molecule has 0 aliphatic carbocycles. The quantitative estimate of drug-likeness (QED) is 0.323. The molecule has 0 aliphatic rings. The van der Waals surface area contributed by atoms with Gasteiger partial charge < -0.3 is 4.74 Å². The van der Waals surface area contributed by atoms with Crippen LogP contribution in [-0.2, 0) is 11.3 Å². The summed E-state index contributed by atoms with van der Waals surface area (Å²) in [5, 5.41) is 1.41. The zero-order valence-electron chi connectivity index (χ0n) is 13.1. The molecule has 0 spiro atoms. The zero-order chi connectivity index (χ0) is 15.9. The maximum absolute atomic E-state index is 12.7. The Kier molecular flexibility index (Phi) is 6.21. The maximum atomic E-state index is 12.7. The standard InChI is InChI=1S/C17H22N2O2S/c1-4-12-22-17-18-15-9-6-5-8-14(15)16(20)19(17)10-7-11-21-13(2)3/h4-6,8-9,13H,1,7,10-12H2,2-3H3.